The predicted molar refractivity (Wildman–Crippen MR) is 92.2 cm³/mol. The summed E-state index contributed by atoms with van der Waals surface area (Å²) in [5, 5.41) is 10.2. The Morgan fingerprint density at radius 3 is 2.23 bits per heavy atom. The fraction of sp³-hybridized carbons (Fsp3) is 0.211. The van der Waals surface area contributed by atoms with Gasteiger partial charge in [0.25, 0.3) is 0 Å². The van der Waals surface area contributed by atoms with Gasteiger partial charge in [-0.2, -0.15) is 0 Å². The number of ketones is 1. The lowest BCUT2D eigenvalue weighted by Crippen LogP contribution is -2.08. The minimum absolute atomic E-state index is 0.0278. The van der Waals surface area contributed by atoms with Crippen molar-refractivity contribution < 1.29 is 9.90 Å². The van der Waals surface area contributed by atoms with Crippen molar-refractivity contribution in [3.05, 3.63) is 59.2 Å². The Morgan fingerprint density at radius 1 is 1.09 bits per heavy atom. The van der Waals surface area contributed by atoms with Crippen molar-refractivity contribution in [1.82, 2.24) is 0 Å². The second-order valence-corrected chi connectivity index (χ2v) is 5.62. The number of nitrogens with zero attached hydrogens (tertiary/aromatic N) is 1. The first kappa shape index (κ1) is 15.8. The Morgan fingerprint density at radius 2 is 1.73 bits per heavy atom. The van der Waals surface area contributed by atoms with Crippen molar-refractivity contribution in [2.75, 3.05) is 19.0 Å². The lowest BCUT2D eigenvalue weighted by atomic mass is 9.98. The highest BCUT2D eigenvalue weighted by molar-refractivity contribution is 6.24. The summed E-state index contributed by atoms with van der Waals surface area (Å²) in [5.74, 6) is 0.136. The Labute approximate surface area is 131 Å². The van der Waals surface area contributed by atoms with Gasteiger partial charge in [0.15, 0.2) is 5.78 Å². The standard InChI is InChI=1S/C19H21NO2/c1-13-5-7-15(8-6-13)18(14(2)21)11-16-9-10-17(20(3)4)12-19(16)22/h5-12,22H,1-4H3/b18-11-. The molecule has 0 saturated heterocycles. The number of phenolic OH excluding ortho intramolecular Hbond substituents is 1. The quantitative estimate of drug-likeness (QED) is 0.687. The minimum atomic E-state index is -0.0278. The molecule has 0 amide bonds. The highest BCUT2D eigenvalue weighted by Gasteiger charge is 2.09. The lowest BCUT2D eigenvalue weighted by molar-refractivity contribution is -0.111. The number of aryl methyl sites for hydroxylation is 1. The van der Waals surface area contributed by atoms with Crippen molar-refractivity contribution in [2.24, 2.45) is 0 Å². The number of anilines is 1. The first-order chi connectivity index (χ1) is 10.4. The van der Waals surface area contributed by atoms with E-state index in [1.54, 1.807) is 12.1 Å². The maximum absolute atomic E-state index is 12.0. The fourth-order valence-corrected chi connectivity index (χ4v) is 2.21. The van der Waals surface area contributed by atoms with Crippen molar-refractivity contribution in [2.45, 2.75) is 13.8 Å². The van der Waals surface area contributed by atoms with Gasteiger partial charge in [-0.1, -0.05) is 29.8 Å². The van der Waals surface area contributed by atoms with E-state index in [9.17, 15) is 9.90 Å². The summed E-state index contributed by atoms with van der Waals surface area (Å²) < 4.78 is 0. The van der Waals surface area contributed by atoms with Crippen LogP contribution >= 0.6 is 0 Å². The van der Waals surface area contributed by atoms with Gasteiger partial charge in [0.05, 0.1) is 0 Å². The van der Waals surface area contributed by atoms with Crippen LogP contribution in [-0.2, 0) is 4.79 Å². The number of aromatic hydroxyl groups is 1. The van der Waals surface area contributed by atoms with E-state index in [1.165, 1.54) is 6.92 Å². The van der Waals surface area contributed by atoms with Crippen LogP contribution < -0.4 is 4.90 Å². The summed E-state index contributed by atoms with van der Waals surface area (Å²) >= 11 is 0. The number of hydrogen-bond donors (Lipinski definition) is 1. The van der Waals surface area contributed by atoms with Gasteiger partial charge in [-0.25, -0.2) is 0 Å². The monoisotopic (exact) mass is 295 g/mol. The van der Waals surface area contributed by atoms with Gasteiger partial charge in [0.1, 0.15) is 5.75 Å². The van der Waals surface area contributed by atoms with Gasteiger partial charge in [-0.15, -0.1) is 0 Å². The van der Waals surface area contributed by atoms with Crippen LogP contribution in [0.25, 0.3) is 11.6 Å². The zero-order valence-electron chi connectivity index (χ0n) is 13.4. The van der Waals surface area contributed by atoms with Gasteiger partial charge in [-0.05, 0) is 37.6 Å². The van der Waals surface area contributed by atoms with E-state index in [0.717, 1.165) is 16.8 Å². The molecule has 0 aromatic heterocycles. The number of rotatable bonds is 4. The summed E-state index contributed by atoms with van der Waals surface area (Å²) in [6.07, 6.45) is 1.74. The van der Waals surface area contributed by atoms with Crippen LogP contribution in [-0.4, -0.2) is 25.0 Å². The number of phenols is 1. The van der Waals surface area contributed by atoms with Gasteiger partial charge >= 0.3 is 0 Å². The third kappa shape index (κ3) is 3.55. The molecule has 0 aliphatic rings. The average Bonchev–Trinajstić information content (AvgIpc) is 2.46. The molecular weight excluding hydrogens is 274 g/mol. The number of carbonyl (C=O) groups is 1. The molecule has 2 aromatic carbocycles. The van der Waals surface area contributed by atoms with Gasteiger partial charge < -0.3 is 10.0 Å². The second-order valence-electron chi connectivity index (χ2n) is 5.62. The van der Waals surface area contributed by atoms with Gasteiger partial charge in [0.2, 0.25) is 0 Å². The van der Waals surface area contributed by atoms with Crippen LogP contribution in [0, 0.1) is 6.92 Å². The average molecular weight is 295 g/mol. The number of hydrogen-bond acceptors (Lipinski definition) is 3. The third-order valence-electron chi connectivity index (χ3n) is 3.57. The third-order valence-corrected chi connectivity index (χ3v) is 3.57. The Bertz CT molecular complexity index is 713. The largest absolute Gasteiger partial charge is 0.507 e. The molecule has 3 nitrogen and oxygen atoms in total. The van der Waals surface area contributed by atoms with E-state index in [2.05, 4.69) is 0 Å². The lowest BCUT2D eigenvalue weighted by Gasteiger charge is -2.13. The normalized spacial score (nSPS) is 11.4. The van der Waals surface area contributed by atoms with Gasteiger partial charge in [0, 0.05) is 37.0 Å². The van der Waals surface area contributed by atoms with E-state index in [-0.39, 0.29) is 11.5 Å². The molecule has 2 rings (SSSR count). The molecule has 0 saturated carbocycles. The van der Waals surface area contributed by atoms with Crippen LogP contribution in [0.2, 0.25) is 0 Å². The SMILES string of the molecule is CC(=O)/C(=C/c1ccc(N(C)C)cc1O)c1ccc(C)cc1. The van der Waals surface area contributed by atoms with Crippen molar-refractivity contribution in [3.8, 4) is 5.75 Å². The number of Topliss-reactive ketones (excluding diaryl/α,β-unsaturated/α-hetero) is 1. The summed E-state index contributed by atoms with van der Waals surface area (Å²) in [7, 11) is 3.83. The van der Waals surface area contributed by atoms with Crippen molar-refractivity contribution in [1.29, 1.82) is 0 Å². The van der Waals surface area contributed by atoms with Crippen molar-refractivity contribution in [3.63, 3.8) is 0 Å². The molecule has 3 heteroatoms. The first-order valence-electron chi connectivity index (χ1n) is 7.18. The molecule has 0 aliphatic heterocycles. The second kappa shape index (κ2) is 6.48. The van der Waals surface area contributed by atoms with E-state index >= 15 is 0 Å². The molecule has 0 spiro atoms. The number of allylic oxidation sites excluding steroid dienone is 1. The summed E-state index contributed by atoms with van der Waals surface area (Å²) in [5.41, 5.74) is 4.14. The van der Waals surface area contributed by atoms with Gasteiger partial charge in [-0.3, -0.25) is 4.79 Å². The first-order valence-corrected chi connectivity index (χ1v) is 7.18. The van der Waals surface area contributed by atoms with E-state index in [4.69, 9.17) is 0 Å². The molecule has 2 aromatic rings. The molecule has 0 atom stereocenters. The van der Waals surface area contributed by atoms with E-state index < -0.39 is 0 Å². The van der Waals surface area contributed by atoms with Crippen LogP contribution in [0.3, 0.4) is 0 Å². The van der Waals surface area contributed by atoms with Crippen LogP contribution in [0.1, 0.15) is 23.6 Å². The number of carbonyl (C=O) groups excluding carboxylic acids is 1. The van der Waals surface area contributed by atoms with E-state index in [1.807, 2.05) is 62.3 Å². The van der Waals surface area contributed by atoms with Crippen LogP contribution in [0.5, 0.6) is 5.75 Å². The molecule has 0 unspecified atom stereocenters. The molecule has 0 radical (unpaired) electrons. The Balaban J connectivity index is 2.47. The Hall–Kier alpha value is -2.55. The van der Waals surface area contributed by atoms with E-state index in [0.29, 0.717) is 11.1 Å². The molecule has 0 fully saturated rings. The maximum atomic E-state index is 12.0. The zero-order valence-corrected chi connectivity index (χ0v) is 13.4. The van der Waals surface area contributed by atoms with Crippen molar-refractivity contribution >= 4 is 23.1 Å². The molecule has 22 heavy (non-hydrogen) atoms. The summed E-state index contributed by atoms with van der Waals surface area (Å²) in [4.78, 5) is 13.9. The van der Waals surface area contributed by atoms with Crippen LogP contribution in [0.4, 0.5) is 5.69 Å². The fourth-order valence-electron chi connectivity index (χ4n) is 2.21. The Kier molecular flexibility index (Phi) is 4.66. The molecule has 114 valence electrons. The summed E-state index contributed by atoms with van der Waals surface area (Å²) in [6, 6.07) is 13.2. The maximum Gasteiger partial charge on any atom is 0.160 e. The summed E-state index contributed by atoms with van der Waals surface area (Å²) in [6.45, 7) is 3.55. The predicted octanol–water partition coefficient (Wildman–Crippen LogP) is 3.90. The molecule has 0 aliphatic carbocycles. The molecule has 0 heterocycles. The smallest absolute Gasteiger partial charge is 0.160 e. The molecular formula is C19H21NO2. The van der Waals surface area contributed by atoms with Crippen LogP contribution in [0.15, 0.2) is 42.5 Å². The highest BCUT2D eigenvalue weighted by Crippen LogP contribution is 2.28. The molecule has 1 N–H and O–H groups in total. The minimum Gasteiger partial charge on any atom is -0.507 e. The highest BCUT2D eigenvalue weighted by atomic mass is 16.3. The zero-order chi connectivity index (χ0) is 16.3. The molecule has 0 bridgehead atoms. The topological polar surface area (TPSA) is 40.5 Å². The number of benzene rings is 2.